The van der Waals surface area contributed by atoms with Crippen molar-refractivity contribution in [2.75, 3.05) is 44.2 Å². The number of hydrogen-bond donors (Lipinski definition) is 2. The Labute approximate surface area is 164 Å². The van der Waals surface area contributed by atoms with Gasteiger partial charge in [-0.1, -0.05) is 25.1 Å². The van der Waals surface area contributed by atoms with Gasteiger partial charge < -0.3 is 24.3 Å². The number of piperazine rings is 1. The Hall–Kier alpha value is -2.80. The molecule has 28 heavy (non-hydrogen) atoms. The molecular weight excluding hydrogens is 358 g/mol. The van der Waals surface area contributed by atoms with Crippen LogP contribution in [0.25, 0.3) is 0 Å². The number of para-hydroxylation sites is 1. The minimum absolute atomic E-state index is 0.0688. The molecular formula is C21H28N3O4+. The predicted octanol–water partition coefficient (Wildman–Crippen LogP) is 0.450. The Morgan fingerprint density at radius 3 is 2.68 bits per heavy atom. The zero-order chi connectivity index (χ0) is 19.8. The highest BCUT2D eigenvalue weighted by molar-refractivity contribution is 5.77. The van der Waals surface area contributed by atoms with Crippen LogP contribution in [0, 0.1) is 0 Å². The van der Waals surface area contributed by atoms with Crippen LogP contribution >= 0.6 is 0 Å². The SMILES string of the molecule is CCCNC(=O)COc1coc(C[NH+]2CCN(c3ccccc3)CC2)cc1=O. The lowest BCUT2D eigenvalue weighted by atomic mass is 10.2. The number of quaternary nitrogens is 1. The van der Waals surface area contributed by atoms with Crippen LogP contribution < -0.4 is 25.3 Å². The Kier molecular flexibility index (Phi) is 7.08. The van der Waals surface area contributed by atoms with Crippen molar-refractivity contribution >= 4 is 11.6 Å². The summed E-state index contributed by atoms with van der Waals surface area (Å²) in [4.78, 5) is 27.5. The molecule has 150 valence electrons. The van der Waals surface area contributed by atoms with Crippen molar-refractivity contribution < 1.29 is 18.8 Å². The number of carbonyl (C=O) groups excluding carboxylic acids is 1. The van der Waals surface area contributed by atoms with E-state index < -0.39 is 0 Å². The van der Waals surface area contributed by atoms with Gasteiger partial charge >= 0.3 is 0 Å². The maximum Gasteiger partial charge on any atom is 0.257 e. The first kappa shape index (κ1) is 19.9. The number of carbonyl (C=O) groups is 1. The highest BCUT2D eigenvalue weighted by Gasteiger charge is 2.21. The molecule has 2 heterocycles. The van der Waals surface area contributed by atoms with Crippen LogP contribution in [-0.4, -0.2) is 45.2 Å². The number of ether oxygens (including phenoxy) is 1. The summed E-state index contributed by atoms with van der Waals surface area (Å²) in [6, 6.07) is 11.9. The summed E-state index contributed by atoms with van der Waals surface area (Å²) in [5.41, 5.74) is 0.990. The van der Waals surface area contributed by atoms with Gasteiger partial charge in [-0.15, -0.1) is 0 Å². The average molecular weight is 386 g/mol. The first-order valence-corrected chi connectivity index (χ1v) is 9.80. The zero-order valence-corrected chi connectivity index (χ0v) is 16.3. The lowest BCUT2D eigenvalue weighted by Gasteiger charge is -2.33. The highest BCUT2D eigenvalue weighted by Crippen LogP contribution is 2.12. The lowest BCUT2D eigenvalue weighted by Crippen LogP contribution is -3.13. The largest absolute Gasteiger partial charge is 0.477 e. The van der Waals surface area contributed by atoms with Gasteiger partial charge in [-0.2, -0.15) is 0 Å². The average Bonchev–Trinajstić information content (AvgIpc) is 2.73. The normalized spacial score (nSPS) is 14.7. The van der Waals surface area contributed by atoms with Gasteiger partial charge in [0.05, 0.1) is 26.2 Å². The van der Waals surface area contributed by atoms with Gasteiger partial charge in [0.15, 0.2) is 12.4 Å². The van der Waals surface area contributed by atoms with E-state index >= 15 is 0 Å². The molecule has 2 N–H and O–H groups in total. The number of nitrogens with one attached hydrogen (secondary N) is 2. The minimum Gasteiger partial charge on any atom is -0.477 e. The third-order valence-corrected chi connectivity index (χ3v) is 4.80. The molecule has 1 fully saturated rings. The Morgan fingerprint density at radius 1 is 1.25 bits per heavy atom. The van der Waals surface area contributed by atoms with Crippen molar-refractivity contribution in [3.8, 4) is 5.75 Å². The van der Waals surface area contributed by atoms with Crippen LogP contribution in [0.2, 0.25) is 0 Å². The molecule has 3 rings (SSSR count). The van der Waals surface area contributed by atoms with Crippen molar-refractivity contribution in [2.45, 2.75) is 19.9 Å². The topological polar surface area (TPSA) is 76.2 Å². The maximum atomic E-state index is 12.2. The molecule has 1 aliphatic rings. The smallest absolute Gasteiger partial charge is 0.257 e. The third kappa shape index (κ3) is 5.60. The van der Waals surface area contributed by atoms with Crippen molar-refractivity contribution in [1.29, 1.82) is 0 Å². The van der Waals surface area contributed by atoms with Crippen LogP contribution in [-0.2, 0) is 11.3 Å². The van der Waals surface area contributed by atoms with Crippen LogP contribution in [0.1, 0.15) is 19.1 Å². The number of nitrogens with zero attached hydrogens (tertiary/aromatic N) is 1. The van der Waals surface area contributed by atoms with Gasteiger partial charge in [0.2, 0.25) is 11.2 Å². The fourth-order valence-corrected chi connectivity index (χ4v) is 3.24. The first-order chi connectivity index (χ1) is 13.7. The molecule has 1 aromatic heterocycles. The van der Waals surface area contributed by atoms with E-state index in [0.29, 0.717) is 18.8 Å². The van der Waals surface area contributed by atoms with Gasteiger partial charge in [0.1, 0.15) is 12.8 Å². The second-order valence-corrected chi connectivity index (χ2v) is 6.96. The van der Waals surface area contributed by atoms with Crippen molar-refractivity contribution in [1.82, 2.24) is 5.32 Å². The monoisotopic (exact) mass is 386 g/mol. The van der Waals surface area contributed by atoms with Crippen LogP contribution in [0.5, 0.6) is 5.75 Å². The second-order valence-electron chi connectivity index (χ2n) is 6.96. The van der Waals surface area contributed by atoms with E-state index in [9.17, 15) is 9.59 Å². The van der Waals surface area contributed by atoms with E-state index in [4.69, 9.17) is 9.15 Å². The zero-order valence-electron chi connectivity index (χ0n) is 16.3. The summed E-state index contributed by atoms with van der Waals surface area (Å²) in [5, 5.41) is 2.70. The summed E-state index contributed by atoms with van der Waals surface area (Å²) in [6.07, 6.45) is 2.16. The highest BCUT2D eigenvalue weighted by atomic mass is 16.5. The third-order valence-electron chi connectivity index (χ3n) is 4.80. The molecule has 0 atom stereocenters. The maximum absolute atomic E-state index is 12.2. The van der Waals surface area contributed by atoms with Gasteiger partial charge in [0.25, 0.3) is 5.91 Å². The molecule has 0 bridgehead atoms. The number of hydrogen-bond acceptors (Lipinski definition) is 5. The summed E-state index contributed by atoms with van der Waals surface area (Å²) in [5.74, 6) is 0.460. The predicted molar refractivity (Wildman–Crippen MR) is 107 cm³/mol. The molecule has 7 nitrogen and oxygen atoms in total. The molecule has 0 radical (unpaired) electrons. The Bertz CT molecular complexity index is 814. The van der Waals surface area contributed by atoms with E-state index in [1.165, 1.54) is 22.9 Å². The summed E-state index contributed by atoms with van der Waals surface area (Å²) in [6.45, 7) is 6.94. The summed E-state index contributed by atoms with van der Waals surface area (Å²) < 4.78 is 10.8. The second kappa shape index (κ2) is 9.94. The molecule has 2 aromatic rings. The van der Waals surface area contributed by atoms with E-state index in [1.807, 2.05) is 13.0 Å². The minimum atomic E-state index is -0.258. The van der Waals surface area contributed by atoms with E-state index in [0.717, 1.165) is 32.6 Å². The fourth-order valence-electron chi connectivity index (χ4n) is 3.24. The fraction of sp³-hybridized carbons (Fsp3) is 0.429. The Balaban J connectivity index is 1.48. The molecule has 0 spiro atoms. The number of benzene rings is 1. The molecule has 7 heteroatoms. The number of amides is 1. The molecule has 1 amide bonds. The van der Waals surface area contributed by atoms with Gasteiger partial charge in [0, 0.05) is 18.3 Å². The quantitative estimate of drug-likeness (QED) is 0.689. The molecule has 0 aliphatic carbocycles. The summed E-state index contributed by atoms with van der Waals surface area (Å²) >= 11 is 0. The van der Waals surface area contributed by atoms with E-state index in [-0.39, 0.29) is 23.7 Å². The lowest BCUT2D eigenvalue weighted by molar-refractivity contribution is -0.915. The summed E-state index contributed by atoms with van der Waals surface area (Å²) in [7, 11) is 0. The first-order valence-electron chi connectivity index (χ1n) is 9.80. The van der Waals surface area contributed by atoms with Gasteiger partial charge in [-0.3, -0.25) is 9.59 Å². The van der Waals surface area contributed by atoms with E-state index in [1.54, 1.807) is 0 Å². The van der Waals surface area contributed by atoms with Crippen molar-refractivity contribution in [3.05, 3.63) is 58.6 Å². The molecule has 0 saturated carbocycles. The number of rotatable bonds is 8. The standard InChI is InChI=1S/C21H27N3O4/c1-2-8-22-21(26)16-28-20-15-27-18(13-19(20)25)14-23-9-11-24(12-10-23)17-6-4-3-5-7-17/h3-7,13,15H,2,8-12,14,16H2,1H3,(H,22,26)/p+1. The number of anilines is 1. The molecule has 1 saturated heterocycles. The van der Waals surface area contributed by atoms with Gasteiger partial charge in [-0.25, -0.2) is 0 Å². The van der Waals surface area contributed by atoms with Crippen LogP contribution in [0.4, 0.5) is 5.69 Å². The van der Waals surface area contributed by atoms with Gasteiger partial charge in [-0.05, 0) is 18.6 Å². The molecule has 0 unspecified atom stereocenters. The van der Waals surface area contributed by atoms with Crippen LogP contribution in [0.3, 0.4) is 0 Å². The van der Waals surface area contributed by atoms with Crippen LogP contribution in [0.15, 0.2) is 51.9 Å². The van der Waals surface area contributed by atoms with E-state index in [2.05, 4.69) is 34.5 Å². The Morgan fingerprint density at radius 2 is 2.00 bits per heavy atom. The molecule has 1 aromatic carbocycles. The van der Waals surface area contributed by atoms with Crippen molar-refractivity contribution in [2.24, 2.45) is 0 Å². The van der Waals surface area contributed by atoms with Crippen molar-refractivity contribution in [3.63, 3.8) is 0 Å². The molecule has 1 aliphatic heterocycles.